The molecule has 266 valence electrons. The predicted molar refractivity (Wildman–Crippen MR) is 234 cm³/mol. The molecule has 0 unspecified atom stereocenters. The Kier molecular flexibility index (Phi) is 7.03. The minimum atomic E-state index is 0.649. The Hall–Kier alpha value is -7.41. The van der Waals surface area contributed by atoms with Crippen LogP contribution < -0.4 is 0 Å². The fourth-order valence-electron chi connectivity index (χ4n) is 8.19. The first-order chi connectivity index (χ1) is 28.2. The van der Waals surface area contributed by atoms with Gasteiger partial charge >= 0.3 is 0 Å². The van der Waals surface area contributed by atoms with Gasteiger partial charge in [-0.3, -0.25) is 0 Å². The standard InChI is InChI=1S/C51H29N3O2S/c1-3-12-30(13-4-1)49-52-50(31-14-5-2-6-15-31)54-51(53-49)33-22-24-37-40-26-32(23-25-45(40)57-46(37)29-33)34-27-41-36-17-8-10-21-44(36)56-48(41)42(28-34)39-19-11-18-38-35-16-7-9-20-43(35)55-47(38)39/h1-29H. The predicted octanol–water partition coefficient (Wildman–Crippen LogP) is 14.4. The highest BCUT2D eigenvalue weighted by Gasteiger charge is 2.20. The molecular formula is C51H29N3O2S. The van der Waals surface area contributed by atoms with Gasteiger partial charge in [0, 0.05) is 69.5 Å². The third kappa shape index (κ3) is 5.19. The van der Waals surface area contributed by atoms with Gasteiger partial charge in [-0.05, 0) is 53.6 Å². The average molecular weight is 748 g/mol. The van der Waals surface area contributed by atoms with Crippen molar-refractivity contribution in [3.63, 3.8) is 0 Å². The molecule has 0 aliphatic rings. The molecule has 4 heterocycles. The second-order valence-electron chi connectivity index (χ2n) is 14.3. The van der Waals surface area contributed by atoms with Gasteiger partial charge in [-0.1, -0.05) is 133 Å². The Bertz CT molecular complexity index is 3470. The van der Waals surface area contributed by atoms with Crippen molar-refractivity contribution in [3.05, 3.63) is 176 Å². The van der Waals surface area contributed by atoms with E-state index >= 15 is 0 Å². The van der Waals surface area contributed by atoms with Gasteiger partial charge in [-0.2, -0.15) is 0 Å². The van der Waals surface area contributed by atoms with E-state index < -0.39 is 0 Å². The normalized spacial score (nSPS) is 11.9. The van der Waals surface area contributed by atoms with Gasteiger partial charge in [0.15, 0.2) is 17.5 Å². The Morgan fingerprint density at radius 1 is 0.316 bits per heavy atom. The van der Waals surface area contributed by atoms with Crippen molar-refractivity contribution in [2.45, 2.75) is 0 Å². The van der Waals surface area contributed by atoms with E-state index in [1.54, 1.807) is 11.3 Å². The van der Waals surface area contributed by atoms with E-state index in [1.165, 1.54) is 20.2 Å². The molecule has 0 spiro atoms. The number of para-hydroxylation sites is 3. The lowest BCUT2D eigenvalue weighted by atomic mass is 9.94. The lowest BCUT2D eigenvalue weighted by Crippen LogP contribution is -1.99. The second-order valence-corrected chi connectivity index (χ2v) is 15.4. The van der Waals surface area contributed by atoms with Gasteiger partial charge < -0.3 is 8.83 Å². The Morgan fingerprint density at radius 3 is 1.58 bits per heavy atom. The zero-order chi connectivity index (χ0) is 37.5. The summed E-state index contributed by atoms with van der Waals surface area (Å²) in [7, 11) is 0. The van der Waals surface area contributed by atoms with Gasteiger partial charge in [0.25, 0.3) is 0 Å². The Balaban J connectivity index is 1.01. The molecular weight excluding hydrogens is 719 g/mol. The summed E-state index contributed by atoms with van der Waals surface area (Å²) in [4.78, 5) is 14.9. The van der Waals surface area contributed by atoms with Crippen molar-refractivity contribution < 1.29 is 8.83 Å². The number of nitrogens with zero attached hydrogens (tertiary/aromatic N) is 3. The van der Waals surface area contributed by atoms with Gasteiger partial charge in [-0.15, -0.1) is 11.3 Å². The maximum Gasteiger partial charge on any atom is 0.164 e. The van der Waals surface area contributed by atoms with E-state index in [9.17, 15) is 0 Å². The van der Waals surface area contributed by atoms with E-state index in [2.05, 4.69) is 91.0 Å². The SMILES string of the molecule is c1ccc(-c2nc(-c3ccccc3)nc(-c3ccc4c(c3)sc3ccc(-c5cc(-c6cccc7c6oc6ccccc67)c6oc7ccccc7c6c5)cc34)n2)cc1. The van der Waals surface area contributed by atoms with Crippen molar-refractivity contribution in [3.8, 4) is 56.4 Å². The summed E-state index contributed by atoms with van der Waals surface area (Å²) >= 11 is 1.79. The smallest absolute Gasteiger partial charge is 0.164 e. The molecule has 8 aromatic carbocycles. The molecule has 0 atom stereocenters. The van der Waals surface area contributed by atoms with E-state index in [0.717, 1.165) is 82.8 Å². The minimum absolute atomic E-state index is 0.649. The van der Waals surface area contributed by atoms with E-state index in [0.29, 0.717) is 17.5 Å². The van der Waals surface area contributed by atoms with Crippen molar-refractivity contribution in [2.75, 3.05) is 0 Å². The first kappa shape index (κ1) is 31.9. The highest BCUT2D eigenvalue weighted by Crippen LogP contribution is 2.45. The summed E-state index contributed by atoms with van der Waals surface area (Å²) in [5, 5.41) is 6.77. The van der Waals surface area contributed by atoms with Gasteiger partial charge in [0.2, 0.25) is 0 Å². The van der Waals surface area contributed by atoms with Crippen molar-refractivity contribution in [2.24, 2.45) is 0 Å². The molecule has 0 saturated heterocycles. The molecule has 0 N–H and O–H groups in total. The van der Waals surface area contributed by atoms with E-state index in [1.807, 2.05) is 84.9 Å². The number of fused-ring (bicyclic) bond motifs is 9. The van der Waals surface area contributed by atoms with Crippen LogP contribution in [0.3, 0.4) is 0 Å². The van der Waals surface area contributed by atoms with Crippen LogP contribution in [-0.4, -0.2) is 15.0 Å². The summed E-state index contributed by atoms with van der Waals surface area (Å²) in [6.45, 7) is 0. The summed E-state index contributed by atoms with van der Waals surface area (Å²) in [6, 6.07) is 61.0. The number of rotatable bonds is 5. The van der Waals surface area contributed by atoms with E-state index in [-0.39, 0.29) is 0 Å². The lowest BCUT2D eigenvalue weighted by Gasteiger charge is -2.09. The largest absolute Gasteiger partial charge is 0.455 e. The van der Waals surface area contributed by atoms with Crippen LogP contribution in [0.1, 0.15) is 0 Å². The zero-order valence-electron chi connectivity index (χ0n) is 30.3. The third-order valence-corrected chi connectivity index (χ3v) is 12.1. The van der Waals surface area contributed by atoms with Crippen LogP contribution in [0.15, 0.2) is 185 Å². The molecule has 57 heavy (non-hydrogen) atoms. The minimum Gasteiger partial charge on any atom is -0.455 e. The Morgan fingerprint density at radius 2 is 0.877 bits per heavy atom. The molecule has 12 aromatic rings. The van der Waals surface area contributed by atoms with Crippen LogP contribution in [-0.2, 0) is 0 Å². The fraction of sp³-hybridized carbons (Fsp3) is 0. The molecule has 12 rings (SSSR count). The quantitative estimate of drug-likeness (QED) is 0.175. The van der Waals surface area contributed by atoms with Crippen LogP contribution in [0, 0.1) is 0 Å². The molecule has 0 bridgehead atoms. The van der Waals surface area contributed by atoms with Gasteiger partial charge in [0.05, 0.1) is 0 Å². The van der Waals surface area contributed by atoms with Crippen molar-refractivity contribution >= 4 is 75.4 Å². The topological polar surface area (TPSA) is 65.0 Å². The first-order valence-corrected chi connectivity index (χ1v) is 19.7. The molecule has 5 nitrogen and oxygen atoms in total. The fourth-order valence-corrected chi connectivity index (χ4v) is 9.31. The molecule has 0 aliphatic carbocycles. The molecule has 0 fully saturated rings. The maximum absolute atomic E-state index is 6.63. The monoisotopic (exact) mass is 747 g/mol. The maximum atomic E-state index is 6.63. The number of benzene rings is 8. The summed E-state index contributed by atoms with van der Waals surface area (Å²) in [5.41, 5.74) is 10.6. The molecule has 0 aliphatic heterocycles. The van der Waals surface area contributed by atoms with Crippen LogP contribution in [0.4, 0.5) is 0 Å². The van der Waals surface area contributed by atoms with Crippen molar-refractivity contribution in [1.82, 2.24) is 15.0 Å². The molecule has 0 radical (unpaired) electrons. The first-order valence-electron chi connectivity index (χ1n) is 18.9. The number of hydrogen-bond donors (Lipinski definition) is 0. The number of hydrogen-bond acceptors (Lipinski definition) is 6. The lowest BCUT2D eigenvalue weighted by molar-refractivity contribution is 0.665. The summed E-state index contributed by atoms with van der Waals surface area (Å²) in [6.07, 6.45) is 0. The van der Waals surface area contributed by atoms with Crippen LogP contribution in [0.5, 0.6) is 0 Å². The zero-order valence-corrected chi connectivity index (χ0v) is 31.1. The van der Waals surface area contributed by atoms with Gasteiger partial charge in [0.1, 0.15) is 22.3 Å². The van der Waals surface area contributed by atoms with Crippen LogP contribution in [0.25, 0.3) is 120 Å². The van der Waals surface area contributed by atoms with E-state index in [4.69, 9.17) is 23.8 Å². The second kappa shape index (κ2) is 12.6. The third-order valence-electron chi connectivity index (χ3n) is 10.9. The van der Waals surface area contributed by atoms with Crippen LogP contribution >= 0.6 is 11.3 Å². The number of thiophene rings is 1. The van der Waals surface area contributed by atoms with Crippen molar-refractivity contribution in [1.29, 1.82) is 0 Å². The summed E-state index contributed by atoms with van der Waals surface area (Å²) < 4.78 is 15.6. The highest BCUT2D eigenvalue weighted by molar-refractivity contribution is 7.25. The van der Waals surface area contributed by atoms with Gasteiger partial charge in [-0.25, -0.2) is 15.0 Å². The summed E-state index contributed by atoms with van der Waals surface area (Å²) in [5.74, 6) is 1.95. The number of aromatic nitrogens is 3. The number of furan rings is 2. The molecule has 4 aromatic heterocycles. The molecule has 0 amide bonds. The average Bonchev–Trinajstić information content (AvgIpc) is 3.97. The van der Waals surface area contributed by atoms with Crippen LogP contribution in [0.2, 0.25) is 0 Å². The highest BCUT2D eigenvalue weighted by atomic mass is 32.1. The molecule has 0 saturated carbocycles. The Labute approximate surface area is 330 Å². The molecule has 6 heteroatoms.